The van der Waals surface area contributed by atoms with Crippen molar-refractivity contribution in [3.05, 3.63) is 0 Å². The van der Waals surface area contributed by atoms with Gasteiger partial charge in [0.25, 0.3) is 10.2 Å². The lowest BCUT2D eigenvalue weighted by atomic mass is 10.3. The van der Waals surface area contributed by atoms with E-state index in [9.17, 15) is 8.42 Å². The van der Waals surface area contributed by atoms with Gasteiger partial charge in [0.05, 0.1) is 12.2 Å². The van der Waals surface area contributed by atoms with E-state index in [-0.39, 0.29) is 12.2 Å². The molecule has 1 aliphatic carbocycles. The SMILES string of the molecule is COC1CN(S(=O)(=O)N(C)CCCNC2CC2)CC1OC. The zero-order valence-electron chi connectivity index (χ0n) is 13.1. The lowest BCUT2D eigenvalue weighted by Crippen LogP contribution is -2.42. The average molecular weight is 321 g/mol. The molecular formula is C13H27N3O4S. The number of hydrogen-bond acceptors (Lipinski definition) is 5. The van der Waals surface area contributed by atoms with Gasteiger partial charge in [0.1, 0.15) is 0 Å². The highest BCUT2D eigenvalue weighted by Gasteiger charge is 2.40. The molecule has 2 fully saturated rings. The molecule has 21 heavy (non-hydrogen) atoms. The molecule has 0 bridgehead atoms. The van der Waals surface area contributed by atoms with E-state index < -0.39 is 10.2 Å². The highest BCUT2D eigenvalue weighted by atomic mass is 32.2. The molecule has 1 heterocycles. The van der Waals surface area contributed by atoms with Crippen LogP contribution < -0.4 is 5.32 Å². The fourth-order valence-electron chi connectivity index (χ4n) is 2.56. The zero-order chi connectivity index (χ0) is 15.5. The standard InChI is InChI=1S/C13H27N3O4S/c1-15(8-4-7-14-11-5-6-11)21(17,18)16-9-12(19-2)13(10-16)20-3/h11-14H,4-10H2,1-3H3. The van der Waals surface area contributed by atoms with Crippen LogP contribution in [0, 0.1) is 0 Å². The summed E-state index contributed by atoms with van der Waals surface area (Å²) in [5, 5.41) is 3.39. The van der Waals surface area contributed by atoms with Gasteiger partial charge >= 0.3 is 0 Å². The summed E-state index contributed by atoms with van der Waals surface area (Å²) in [6.07, 6.45) is 2.92. The Morgan fingerprint density at radius 3 is 2.24 bits per heavy atom. The summed E-state index contributed by atoms with van der Waals surface area (Å²) >= 11 is 0. The van der Waals surface area contributed by atoms with E-state index in [0.717, 1.165) is 13.0 Å². The molecule has 1 N–H and O–H groups in total. The van der Waals surface area contributed by atoms with Crippen molar-refractivity contribution in [3.63, 3.8) is 0 Å². The molecular weight excluding hydrogens is 294 g/mol. The van der Waals surface area contributed by atoms with Crippen molar-refractivity contribution in [1.29, 1.82) is 0 Å². The maximum atomic E-state index is 12.5. The quantitative estimate of drug-likeness (QED) is 0.588. The van der Waals surface area contributed by atoms with Gasteiger partial charge in [-0.2, -0.15) is 17.0 Å². The summed E-state index contributed by atoms with van der Waals surface area (Å²) in [4.78, 5) is 0. The van der Waals surface area contributed by atoms with Gasteiger partial charge < -0.3 is 14.8 Å². The maximum absolute atomic E-state index is 12.5. The number of nitrogens with zero attached hydrogens (tertiary/aromatic N) is 2. The molecule has 0 aromatic carbocycles. The van der Waals surface area contributed by atoms with Crippen LogP contribution in [0.15, 0.2) is 0 Å². The zero-order valence-corrected chi connectivity index (χ0v) is 13.9. The third-order valence-electron chi connectivity index (χ3n) is 4.17. The molecule has 0 aromatic heterocycles. The second-order valence-corrected chi connectivity index (χ2v) is 7.81. The van der Waals surface area contributed by atoms with E-state index in [4.69, 9.17) is 9.47 Å². The first-order chi connectivity index (χ1) is 9.98. The summed E-state index contributed by atoms with van der Waals surface area (Å²) in [6.45, 7) is 2.09. The monoisotopic (exact) mass is 321 g/mol. The molecule has 1 saturated carbocycles. The second kappa shape index (κ2) is 7.34. The van der Waals surface area contributed by atoms with E-state index in [0.29, 0.717) is 25.7 Å². The summed E-state index contributed by atoms with van der Waals surface area (Å²) < 4.78 is 38.5. The highest BCUT2D eigenvalue weighted by molar-refractivity contribution is 7.86. The lowest BCUT2D eigenvalue weighted by molar-refractivity contribution is -0.00461. The van der Waals surface area contributed by atoms with E-state index in [1.54, 1.807) is 21.3 Å². The Bertz CT molecular complexity index is 415. The number of methoxy groups -OCH3 is 2. The van der Waals surface area contributed by atoms with Crippen LogP contribution in [0.4, 0.5) is 0 Å². The van der Waals surface area contributed by atoms with Gasteiger partial charge in [-0.1, -0.05) is 0 Å². The Balaban J connectivity index is 1.81. The fourth-order valence-corrected chi connectivity index (χ4v) is 3.98. The first-order valence-corrected chi connectivity index (χ1v) is 8.89. The average Bonchev–Trinajstić information content (AvgIpc) is 3.19. The molecule has 0 spiro atoms. The van der Waals surface area contributed by atoms with Crippen LogP contribution in [0.1, 0.15) is 19.3 Å². The van der Waals surface area contributed by atoms with Crippen molar-refractivity contribution in [2.75, 3.05) is 47.4 Å². The molecule has 0 amide bonds. The Morgan fingerprint density at radius 2 is 1.76 bits per heavy atom. The van der Waals surface area contributed by atoms with Gasteiger partial charge in [-0.3, -0.25) is 0 Å². The third-order valence-corrected chi connectivity index (χ3v) is 6.09. The van der Waals surface area contributed by atoms with Gasteiger partial charge in [-0.25, -0.2) is 0 Å². The van der Waals surface area contributed by atoms with E-state index >= 15 is 0 Å². The summed E-state index contributed by atoms with van der Waals surface area (Å²) in [7, 11) is 1.37. The van der Waals surface area contributed by atoms with E-state index in [1.165, 1.54) is 21.5 Å². The van der Waals surface area contributed by atoms with Crippen molar-refractivity contribution in [3.8, 4) is 0 Å². The van der Waals surface area contributed by atoms with E-state index in [2.05, 4.69) is 5.32 Å². The Labute approximate surface area is 127 Å². The van der Waals surface area contributed by atoms with Crippen molar-refractivity contribution >= 4 is 10.2 Å². The molecule has 8 heteroatoms. The molecule has 0 radical (unpaired) electrons. The minimum absolute atomic E-state index is 0.199. The minimum Gasteiger partial charge on any atom is -0.377 e. The Hall–Kier alpha value is -0.250. The molecule has 124 valence electrons. The molecule has 1 saturated heterocycles. The van der Waals surface area contributed by atoms with Crippen LogP contribution in [0.3, 0.4) is 0 Å². The van der Waals surface area contributed by atoms with Crippen LogP contribution in [-0.4, -0.2) is 82.7 Å². The molecule has 7 nitrogen and oxygen atoms in total. The smallest absolute Gasteiger partial charge is 0.281 e. The maximum Gasteiger partial charge on any atom is 0.281 e. The minimum atomic E-state index is -3.43. The first kappa shape index (κ1) is 17.1. The van der Waals surface area contributed by atoms with E-state index in [1.807, 2.05) is 0 Å². The van der Waals surface area contributed by atoms with Crippen LogP contribution in [0.5, 0.6) is 0 Å². The molecule has 2 rings (SSSR count). The van der Waals surface area contributed by atoms with Crippen LogP contribution in [-0.2, 0) is 19.7 Å². The Kier molecular flexibility index (Phi) is 5.98. The number of rotatable bonds is 9. The van der Waals surface area contributed by atoms with Crippen LogP contribution in [0.2, 0.25) is 0 Å². The van der Waals surface area contributed by atoms with Crippen molar-refractivity contribution in [1.82, 2.24) is 13.9 Å². The van der Waals surface area contributed by atoms with Gasteiger partial charge in [0.15, 0.2) is 0 Å². The lowest BCUT2D eigenvalue weighted by Gasteiger charge is -2.24. The molecule has 2 aliphatic rings. The van der Waals surface area contributed by atoms with Crippen molar-refractivity contribution < 1.29 is 17.9 Å². The third kappa shape index (κ3) is 4.37. The Morgan fingerprint density at radius 1 is 1.19 bits per heavy atom. The summed E-state index contributed by atoms with van der Waals surface area (Å²) in [5.41, 5.74) is 0. The summed E-state index contributed by atoms with van der Waals surface area (Å²) in [6, 6.07) is 0.662. The fraction of sp³-hybridized carbons (Fsp3) is 1.00. The van der Waals surface area contributed by atoms with Gasteiger partial charge in [0, 0.05) is 46.9 Å². The van der Waals surface area contributed by atoms with Gasteiger partial charge in [-0.05, 0) is 25.8 Å². The summed E-state index contributed by atoms with van der Waals surface area (Å²) in [5.74, 6) is 0. The predicted molar refractivity (Wildman–Crippen MR) is 80.4 cm³/mol. The molecule has 0 aromatic rings. The van der Waals surface area contributed by atoms with Gasteiger partial charge in [0.2, 0.25) is 0 Å². The van der Waals surface area contributed by atoms with Crippen molar-refractivity contribution in [2.45, 2.75) is 37.5 Å². The van der Waals surface area contributed by atoms with Gasteiger partial charge in [-0.15, -0.1) is 0 Å². The largest absolute Gasteiger partial charge is 0.377 e. The molecule has 1 aliphatic heterocycles. The molecule has 2 unspecified atom stereocenters. The predicted octanol–water partition coefficient (Wildman–Crippen LogP) is -0.349. The van der Waals surface area contributed by atoms with Crippen LogP contribution >= 0.6 is 0 Å². The second-order valence-electron chi connectivity index (χ2n) is 5.78. The van der Waals surface area contributed by atoms with Crippen LogP contribution in [0.25, 0.3) is 0 Å². The first-order valence-electron chi connectivity index (χ1n) is 7.49. The number of nitrogens with one attached hydrogen (secondary N) is 1. The number of ether oxygens (including phenoxy) is 2. The number of hydrogen-bond donors (Lipinski definition) is 1. The molecule has 2 atom stereocenters. The normalized spacial score (nSPS) is 27.6. The van der Waals surface area contributed by atoms with Crippen molar-refractivity contribution in [2.24, 2.45) is 0 Å². The topological polar surface area (TPSA) is 71.1 Å². The highest BCUT2D eigenvalue weighted by Crippen LogP contribution is 2.21.